The van der Waals surface area contributed by atoms with Gasteiger partial charge >= 0.3 is 0 Å². The van der Waals surface area contributed by atoms with Gasteiger partial charge in [-0.05, 0) is 84.6 Å². The lowest BCUT2D eigenvalue weighted by molar-refractivity contribution is -0.121. The molecule has 1 atom stereocenters. The van der Waals surface area contributed by atoms with E-state index in [4.69, 9.17) is 14.2 Å². The van der Waals surface area contributed by atoms with Gasteiger partial charge in [0.15, 0.2) is 0 Å². The van der Waals surface area contributed by atoms with E-state index in [1.54, 1.807) is 0 Å². The van der Waals surface area contributed by atoms with Crippen molar-refractivity contribution in [2.24, 2.45) is 5.92 Å². The van der Waals surface area contributed by atoms with Gasteiger partial charge in [-0.1, -0.05) is 12.0 Å². The van der Waals surface area contributed by atoms with Crippen LogP contribution >= 0.6 is 0 Å². The molecule has 1 unspecified atom stereocenters. The summed E-state index contributed by atoms with van der Waals surface area (Å²) in [5.74, 6) is 1.22. The number of piperidine rings is 1. The molecule has 210 valence electrons. The molecule has 1 saturated heterocycles. The normalized spacial score (nSPS) is 17.1. The van der Waals surface area contributed by atoms with Gasteiger partial charge in [-0.3, -0.25) is 9.59 Å². The van der Waals surface area contributed by atoms with Gasteiger partial charge in [0.05, 0.1) is 26.4 Å². The lowest BCUT2D eigenvalue weighted by atomic mass is 9.82. The van der Waals surface area contributed by atoms with Crippen molar-refractivity contribution in [2.75, 3.05) is 52.7 Å². The van der Waals surface area contributed by atoms with Crippen molar-refractivity contribution in [1.29, 1.82) is 0 Å². The Bertz CT molecular complexity index is 608. The molecule has 7 heteroatoms. The van der Waals surface area contributed by atoms with E-state index in [1.165, 1.54) is 12.8 Å². The van der Waals surface area contributed by atoms with E-state index in [0.29, 0.717) is 71.2 Å². The molecule has 0 aromatic carbocycles. The first kappa shape index (κ1) is 32.7. The molecular formula is C29H54N2O5. The first-order chi connectivity index (χ1) is 17.3. The molecular weight excluding hydrogens is 456 g/mol. The second-order valence-corrected chi connectivity index (χ2v) is 10.9. The number of allylic oxidation sites excluding steroid dienone is 1. The van der Waals surface area contributed by atoms with Crippen molar-refractivity contribution in [2.45, 2.75) is 103 Å². The van der Waals surface area contributed by atoms with Crippen LogP contribution in [0.1, 0.15) is 97.8 Å². The highest BCUT2D eigenvalue weighted by atomic mass is 16.5. The van der Waals surface area contributed by atoms with E-state index >= 15 is 0 Å². The Morgan fingerprint density at radius 2 is 1.53 bits per heavy atom. The van der Waals surface area contributed by atoms with Crippen LogP contribution in [-0.4, -0.2) is 70.0 Å². The van der Waals surface area contributed by atoms with E-state index in [2.05, 4.69) is 31.1 Å². The SMILES string of the molecule is C=C(C)CCC(=O)CCCCCOCCOCCOCCCNC(=O)CCCC1CCNC(C)(C)C1. The average Bonchev–Trinajstić information content (AvgIpc) is 2.81. The van der Waals surface area contributed by atoms with Gasteiger partial charge in [0.1, 0.15) is 5.78 Å². The van der Waals surface area contributed by atoms with Gasteiger partial charge < -0.3 is 24.8 Å². The Labute approximate surface area is 220 Å². The van der Waals surface area contributed by atoms with Crippen LogP contribution in [-0.2, 0) is 23.8 Å². The maximum Gasteiger partial charge on any atom is 0.219 e. The molecule has 1 amide bonds. The summed E-state index contributed by atoms with van der Waals surface area (Å²) in [5.41, 5.74) is 1.31. The molecule has 1 rings (SSSR count). The summed E-state index contributed by atoms with van der Waals surface area (Å²) in [4.78, 5) is 23.7. The molecule has 1 fully saturated rings. The van der Waals surface area contributed by atoms with Gasteiger partial charge in [-0.15, -0.1) is 6.58 Å². The molecule has 1 aliphatic rings. The zero-order valence-electron chi connectivity index (χ0n) is 23.5. The molecule has 1 heterocycles. The van der Waals surface area contributed by atoms with E-state index in [1.807, 2.05) is 6.92 Å². The number of ether oxygens (including phenoxy) is 3. The summed E-state index contributed by atoms with van der Waals surface area (Å²) >= 11 is 0. The topological polar surface area (TPSA) is 85.9 Å². The Morgan fingerprint density at radius 1 is 0.861 bits per heavy atom. The molecule has 0 radical (unpaired) electrons. The van der Waals surface area contributed by atoms with Crippen LogP contribution in [0.4, 0.5) is 0 Å². The van der Waals surface area contributed by atoms with Crippen molar-refractivity contribution in [3.63, 3.8) is 0 Å². The lowest BCUT2D eigenvalue weighted by Gasteiger charge is -2.36. The number of unbranched alkanes of at least 4 members (excludes halogenated alkanes) is 2. The average molecular weight is 511 g/mol. The third-order valence-electron chi connectivity index (χ3n) is 6.58. The molecule has 36 heavy (non-hydrogen) atoms. The monoisotopic (exact) mass is 510 g/mol. The summed E-state index contributed by atoms with van der Waals surface area (Å²) in [6.45, 7) is 15.7. The zero-order valence-corrected chi connectivity index (χ0v) is 23.5. The van der Waals surface area contributed by atoms with E-state index in [-0.39, 0.29) is 11.4 Å². The smallest absolute Gasteiger partial charge is 0.219 e. The summed E-state index contributed by atoms with van der Waals surface area (Å²) in [5, 5.41) is 6.55. The van der Waals surface area contributed by atoms with Crippen molar-refractivity contribution in [1.82, 2.24) is 10.6 Å². The standard InChI is InChI=1S/C29H54N2O5/c1-25(2)13-14-27(32)11-6-5-7-18-34-20-22-36-23-21-35-19-9-16-30-28(33)12-8-10-26-15-17-31-29(3,4)24-26/h26,31H,1,5-24H2,2-4H3,(H,30,33). The number of carbonyl (C=O) groups is 2. The lowest BCUT2D eigenvalue weighted by Crippen LogP contribution is -2.46. The number of ketones is 1. The van der Waals surface area contributed by atoms with Crippen molar-refractivity contribution >= 4 is 11.7 Å². The minimum atomic E-state index is 0.151. The molecule has 0 aromatic rings. The second-order valence-electron chi connectivity index (χ2n) is 10.9. The Morgan fingerprint density at radius 3 is 2.19 bits per heavy atom. The fourth-order valence-corrected chi connectivity index (χ4v) is 4.52. The number of hydrogen-bond acceptors (Lipinski definition) is 6. The molecule has 7 nitrogen and oxygen atoms in total. The van der Waals surface area contributed by atoms with Crippen LogP contribution in [0.25, 0.3) is 0 Å². The van der Waals surface area contributed by atoms with Gasteiger partial charge in [0.25, 0.3) is 0 Å². The molecule has 0 bridgehead atoms. The van der Waals surface area contributed by atoms with E-state index < -0.39 is 0 Å². The largest absolute Gasteiger partial charge is 0.379 e. The number of Topliss-reactive ketones (excluding diaryl/α,β-unsaturated/α-hetero) is 1. The van der Waals surface area contributed by atoms with Gasteiger partial charge in [-0.2, -0.15) is 0 Å². The van der Waals surface area contributed by atoms with Crippen LogP contribution in [0.15, 0.2) is 12.2 Å². The summed E-state index contributed by atoms with van der Waals surface area (Å²) < 4.78 is 16.6. The maximum absolute atomic E-state index is 12.0. The van der Waals surface area contributed by atoms with Crippen LogP contribution in [0.5, 0.6) is 0 Å². The predicted octanol–water partition coefficient (Wildman–Crippen LogP) is 4.98. The molecule has 0 aliphatic carbocycles. The molecule has 2 N–H and O–H groups in total. The summed E-state index contributed by atoms with van der Waals surface area (Å²) in [6, 6.07) is 0. The van der Waals surface area contributed by atoms with Gasteiger partial charge in [-0.25, -0.2) is 0 Å². The third kappa shape index (κ3) is 19.9. The van der Waals surface area contributed by atoms with Crippen molar-refractivity contribution < 1.29 is 23.8 Å². The molecule has 0 saturated carbocycles. The Balaban J connectivity index is 1.77. The predicted molar refractivity (Wildman–Crippen MR) is 146 cm³/mol. The Hall–Kier alpha value is -1.28. The van der Waals surface area contributed by atoms with Crippen molar-refractivity contribution in [3.8, 4) is 0 Å². The number of carbonyl (C=O) groups excluding carboxylic acids is 2. The fraction of sp³-hybridized carbons (Fsp3) is 0.862. The number of nitrogens with one attached hydrogen (secondary N) is 2. The van der Waals surface area contributed by atoms with Crippen LogP contribution in [0.2, 0.25) is 0 Å². The molecule has 0 aromatic heterocycles. The highest BCUT2D eigenvalue weighted by Crippen LogP contribution is 2.27. The molecule has 1 aliphatic heterocycles. The first-order valence-electron chi connectivity index (χ1n) is 14.2. The summed E-state index contributed by atoms with van der Waals surface area (Å²) in [6.07, 6.45) is 11.0. The number of hydrogen-bond donors (Lipinski definition) is 2. The van der Waals surface area contributed by atoms with Crippen LogP contribution in [0.3, 0.4) is 0 Å². The second kappa shape index (κ2) is 20.7. The maximum atomic E-state index is 12.0. The highest BCUT2D eigenvalue weighted by molar-refractivity contribution is 5.78. The quantitative estimate of drug-likeness (QED) is 0.149. The number of rotatable bonds is 23. The van der Waals surface area contributed by atoms with E-state index in [9.17, 15) is 9.59 Å². The van der Waals surface area contributed by atoms with Crippen LogP contribution in [0, 0.1) is 5.92 Å². The van der Waals surface area contributed by atoms with Crippen LogP contribution < -0.4 is 10.6 Å². The first-order valence-corrected chi connectivity index (χ1v) is 14.2. The minimum absolute atomic E-state index is 0.151. The van der Waals surface area contributed by atoms with E-state index in [0.717, 1.165) is 63.0 Å². The zero-order chi connectivity index (χ0) is 26.5. The molecule has 0 spiro atoms. The fourth-order valence-electron chi connectivity index (χ4n) is 4.52. The number of amides is 1. The Kier molecular flexibility index (Phi) is 18.9. The van der Waals surface area contributed by atoms with Gasteiger partial charge in [0, 0.05) is 44.6 Å². The van der Waals surface area contributed by atoms with Gasteiger partial charge in [0.2, 0.25) is 5.91 Å². The highest BCUT2D eigenvalue weighted by Gasteiger charge is 2.26. The minimum Gasteiger partial charge on any atom is -0.379 e. The third-order valence-corrected chi connectivity index (χ3v) is 6.58. The summed E-state index contributed by atoms with van der Waals surface area (Å²) in [7, 11) is 0. The van der Waals surface area contributed by atoms with Crippen molar-refractivity contribution in [3.05, 3.63) is 12.2 Å².